The van der Waals surface area contributed by atoms with Crippen LogP contribution in [-0.4, -0.2) is 16.6 Å². The van der Waals surface area contributed by atoms with Crippen LogP contribution in [0.5, 0.6) is 11.5 Å². The van der Waals surface area contributed by atoms with E-state index in [2.05, 4.69) is 5.32 Å². The molecule has 0 aliphatic heterocycles. The number of hydrogen-bond acceptors (Lipinski definition) is 6. The minimum atomic E-state index is -0.434. The van der Waals surface area contributed by atoms with Crippen LogP contribution < -0.4 is 10.1 Å². The van der Waals surface area contributed by atoms with Crippen LogP contribution in [0.2, 0.25) is 0 Å². The number of carbonyl (C=O) groups is 1. The van der Waals surface area contributed by atoms with E-state index in [1.54, 1.807) is 35.7 Å². The fraction of sp³-hybridized carbons (Fsp3) is 0.0556. The van der Waals surface area contributed by atoms with Gasteiger partial charge >= 0.3 is 5.00 Å². The van der Waals surface area contributed by atoms with Gasteiger partial charge in [0, 0.05) is 5.69 Å². The number of nitrogens with one attached hydrogen (secondary N) is 1. The van der Waals surface area contributed by atoms with Crippen LogP contribution in [0.15, 0.2) is 70.9 Å². The number of ether oxygens (including phenoxy) is 1. The lowest BCUT2D eigenvalue weighted by molar-refractivity contribution is -0.382. The van der Waals surface area contributed by atoms with E-state index in [0.717, 1.165) is 28.8 Å². The van der Waals surface area contributed by atoms with Crippen molar-refractivity contribution in [3.05, 3.63) is 76.2 Å². The molecule has 2 aromatic carbocycles. The molecule has 3 aromatic rings. The maximum Gasteiger partial charge on any atom is 0.337 e. The average Bonchev–Trinajstić information content (AvgIpc) is 3.11. The molecule has 0 saturated carbocycles. The maximum atomic E-state index is 12.0. The zero-order valence-corrected chi connectivity index (χ0v) is 15.1. The van der Waals surface area contributed by atoms with Crippen LogP contribution >= 0.6 is 23.1 Å². The molecule has 1 aromatic heterocycles. The summed E-state index contributed by atoms with van der Waals surface area (Å²) >= 11 is 2.20. The number of thioether (sulfide) groups is 1. The number of benzene rings is 2. The summed E-state index contributed by atoms with van der Waals surface area (Å²) in [4.78, 5) is 23.0. The van der Waals surface area contributed by atoms with Crippen molar-refractivity contribution in [2.24, 2.45) is 0 Å². The SMILES string of the molecule is O=C(CSc1ccsc1[N+](=O)[O-])Nc1ccc(Oc2ccccc2)cc1. The Balaban J connectivity index is 1.53. The molecule has 3 rings (SSSR count). The third-order valence-electron chi connectivity index (χ3n) is 3.25. The molecule has 0 radical (unpaired) electrons. The standard InChI is InChI=1S/C18H14N2O4S2/c21-17(12-26-16-10-11-25-18(16)20(22)23)19-13-6-8-15(9-7-13)24-14-4-2-1-3-5-14/h1-11H,12H2,(H,19,21). The predicted octanol–water partition coefficient (Wildman–Crippen LogP) is 5.18. The van der Waals surface area contributed by atoms with Crippen LogP contribution in [0.1, 0.15) is 0 Å². The van der Waals surface area contributed by atoms with Crippen LogP contribution in [0.25, 0.3) is 0 Å². The number of nitrogens with zero attached hydrogens (tertiary/aromatic N) is 1. The fourth-order valence-corrected chi connectivity index (χ4v) is 3.84. The van der Waals surface area contributed by atoms with Gasteiger partial charge in [-0.2, -0.15) is 0 Å². The van der Waals surface area contributed by atoms with Crippen molar-refractivity contribution in [3.8, 4) is 11.5 Å². The summed E-state index contributed by atoms with van der Waals surface area (Å²) in [7, 11) is 0. The second-order valence-electron chi connectivity index (χ2n) is 5.12. The first-order valence-corrected chi connectivity index (χ1v) is 9.46. The quantitative estimate of drug-likeness (QED) is 0.344. The Hall–Kier alpha value is -2.84. The van der Waals surface area contributed by atoms with Crippen molar-refractivity contribution < 1.29 is 14.5 Å². The summed E-state index contributed by atoms with van der Waals surface area (Å²) in [5.74, 6) is 1.27. The lowest BCUT2D eigenvalue weighted by Gasteiger charge is -2.08. The number of rotatable bonds is 7. The summed E-state index contributed by atoms with van der Waals surface area (Å²) < 4.78 is 5.69. The molecular weight excluding hydrogens is 372 g/mol. The molecule has 0 fully saturated rings. The van der Waals surface area contributed by atoms with Crippen LogP contribution in [0, 0.1) is 10.1 Å². The minimum Gasteiger partial charge on any atom is -0.457 e. The Kier molecular flexibility index (Phi) is 5.88. The van der Waals surface area contributed by atoms with Gasteiger partial charge in [-0.05, 0) is 47.8 Å². The molecule has 0 atom stereocenters. The molecule has 0 spiro atoms. The summed E-state index contributed by atoms with van der Waals surface area (Å²) in [5.41, 5.74) is 0.635. The van der Waals surface area contributed by atoms with Gasteiger partial charge in [-0.25, -0.2) is 0 Å². The Morgan fingerprint density at radius 1 is 1.08 bits per heavy atom. The van der Waals surface area contributed by atoms with Gasteiger partial charge in [0.05, 0.1) is 15.6 Å². The number of para-hydroxylation sites is 1. The number of nitro groups is 1. The number of amides is 1. The van der Waals surface area contributed by atoms with Gasteiger partial charge < -0.3 is 10.1 Å². The lowest BCUT2D eigenvalue weighted by Crippen LogP contribution is -2.13. The van der Waals surface area contributed by atoms with Gasteiger partial charge in [-0.1, -0.05) is 29.5 Å². The molecule has 26 heavy (non-hydrogen) atoms. The number of hydrogen-bond donors (Lipinski definition) is 1. The van der Waals surface area contributed by atoms with E-state index in [0.29, 0.717) is 16.3 Å². The van der Waals surface area contributed by atoms with Crippen LogP contribution in [0.4, 0.5) is 10.7 Å². The summed E-state index contributed by atoms with van der Waals surface area (Å²) in [6.45, 7) is 0. The van der Waals surface area contributed by atoms with E-state index in [9.17, 15) is 14.9 Å². The van der Waals surface area contributed by atoms with E-state index >= 15 is 0 Å². The van der Waals surface area contributed by atoms with Gasteiger partial charge in [0.1, 0.15) is 11.5 Å². The first kappa shape index (κ1) is 18.0. The molecule has 0 saturated heterocycles. The van der Waals surface area contributed by atoms with E-state index in [1.165, 1.54) is 0 Å². The Morgan fingerprint density at radius 2 is 1.77 bits per heavy atom. The molecule has 0 aliphatic rings. The van der Waals surface area contributed by atoms with Crippen LogP contribution in [-0.2, 0) is 4.79 Å². The first-order chi connectivity index (χ1) is 12.6. The third kappa shape index (κ3) is 4.84. The zero-order chi connectivity index (χ0) is 18.4. The molecule has 0 aliphatic carbocycles. The van der Waals surface area contributed by atoms with Gasteiger partial charge in [0.2, 0.25) is 5.91 Å². The Bertz CT molecular complexity index is 895. The topological polar surface area (TPSA) is 81.5 Å². The van der Waals surface area contributed by atoms with E-state index in [-0.39, 0.29) is 16.7 Å². The molecule has 6 nitrogen and oxygen atoms in total. The molecular formula is C18H14N2O4S2. The van der Waals surface area contributed by atoms with E-state index < -0.39 is 4.92 Å². The highest BCUT2D eigenvalue weighted by atomic mass is 32.2. The monoisotopic (exact) mass is 386 g/mol. The number of anilines is 1. The van der Waals surface area contributed by atoms with Crippen molar-refractivity contribution in [1.82, 2.24) is 0 Å². The summed E-state index contributed by atoms with van der Waals surface area (Å²) in [5, 5.41) is 15.3. The molecule has 1 heterocycles. The van der Waals surface area contributed by atoms with Crippen molar-refractivity contribution >= 4 is 39.7 Å². The predicted molar refractivity (Wildman–Crippen MR) is 103 cm³/mol. The highest BCUT2D eigenvalue weighted by Gasteiger charge is 2.16. The second-order valence-corrected chi connectivity index (χ2v) is 7.04. The van der Waals surface area contributed by atoms with E-state index in [4.69, 9.17) is 4.74 Å². The normalized spacial score (nSPS) is 10.3. The molecule has 132 valence electrons. The van der Waals surface area contributed by atoms with Crippen molar-refractivity contribution in [2.45, 2.75) is 4.90 Å². The molecule has 0 bridgehead atoms. The highest BCUT2D eigenvalue weighted by molar-refractivity contribution is 8.00. The van der Waals surface area contributed by atoms with Gasteiger partial charge in [-0.3, -0.25) is 14.9 Å². The third-order valence-corrected chi connectivity index (χ3v) is 5.29. The van der Waals surface area contributed by atoms with Crippen molar-refractivity contribution in [2.75, 3.05) is 11.1 Å². The number of thiophene rings is 1. The van der Waals surface area contributed by atoms with Crippen molar-refractivity contribution in [3.63, 3.8) is 0 Å². The Labute approximate surface area is 158 Å². The smallest absolute Gasteiger partial charge is 0.337 e. The Morgan fingerprint density at radius 3 is 2.46 bits per heavy atom. The molecule has 1 amide bonds. The van der Waals surface area contributed by atoms with Gasteiger partial charge in [-0.15, -0.1) is 11.8 Å². The summed E-state index contributed by atoms with van der Waals surface area (Å²) in [6, 6.07) is 18.1. The second kappa shape index (κ2) is 8.50. The molecule has 8 heteroatoms. The number of carbonyl (C=O) groups excluding carboxylic acids is 1. The average molecular weight is 386 g/mol. The fourth-order valence-electron chi connectivity index (χ4n) is 2.10. The maximum absolute atomic E-state index is 12.0. The van der Waals surface area contributed by atoms with Gasteiger partial charge in [0.15, 0.2) is 0 Å². The van der Waals surface area contributed by atoms with Crippen LogP contribution in [0.3, 0.4) is 0 Å². The largest absolute Gasteiger partial charge is 0.457 e. The lowest BCUT2D eigenvalue weighted by atomic mass is 10.3. The summed E-state index contributed by atoms with van der Waals surface area (Å²) in [6.07, 6.45) is 0. The molecule has 0 unspecified atom stereocenters. The van der Waals surface area contributed by atoms with E-state index in [1.807, 2.05) is 30.3 Å². The first-order valence-electron chi connectivity index (χ1n) is 7.59. The zero-order valence-electron chi connectivity index (χ0n) is 13.5. The van der Waals surface area contributed by atoms with Gasteiger partial charge in [0.25, 0.3) is 0 Å². The highest BCUT2D eigenvalue weighted by Crippen LogP contribution is 2.34. The van der Waals surface area contributed by atoms with Crippen molar-refractivity contribution in [1.29, 1.82) is 0 Å². The molecule has 1 N–H and O–H groups in total. The minimum absolute atomic E-state index is 0.0604.